The van der Waals surface area contributed by atoms with Gasteiger partial charge >= 0.3 is 0 Å². The van der Waals surface area contributed by atoms with Crippen molar-refractivity contribution in [3.8, 4) is 0 Å². The van der Waals surface area contributed by atoms with Crippen LogP contribution in [0.4, 0.5) is 0 Å². The van der Waals surface area contributed by atoms with Crippen LogP contribution in [0.5, 0.6) is 0 Å². The van der Waals surface area contributed by atoms with E-state index in [2.05, 4.69) is 0 Å². The van der Waals surface area contributed by atoms with Crippen LogP contribution in [-0.2, 0) is 14.2 Å². The van der Waals surface area contributed by atoms with Gasteiger partial charge in [-0.15, -0.1) is 11.6 Å². The Morgan fingerprint density at radius 1 is 1.23 bits per heavy atom. The van der Waals surface area contributed by atoms with E-state index in [0.717, 1.165) is 0 Å². The van der Waals surface area contributed by atoms with E-state index in [0.29, 0.717) is 5.88 Å². The SMILES string of the molecule is CC1(C)OC2C(Cl)O[C@H](CCl)[C@@H]2O1. The molecule has 0 N–H and O–H groups in total. The highest BCUT2D eigenvalue weighted by atomic mass is 35.5. The summed E-state index contributed by atoms with van der Waals surface area (Å²) in [6.07, 6.45) is -0.480. The first kappa shape index (κ1) is 9.99. The normalized spacial score (nSPS) is 48.0. The molecule has 0 aromatic rings. The van der Waals surface area contributed by atoms with E-state index in [-0.39, 0.29) is 18.3 Å². The Morgan fingerprint density at radius 3 is 2.46 bits per heavy atom. The fourth-order valence-corrected chi connectivity index (χ4v) is 2.33. The van der Waals surface area contributed by atoms with Gasteiger partial charge in [-0.3, -0.25) is 0 Å². The van der Waals surface area contributed by atoms with Crippen molar-refractivity contribution < 1.29 is 14.2 Å². The Bertz CT molecular complexity index is 210. The monoisotopic (exact) mass is 226 g/mol. The lowest BCUT2D eigenvalue weighted by atomic mass is 10.2. The molecule has 0 amide bonds. The van der Waals surface area contributed by atoms with Crippen LogP contribution in [0.25, 0.3) is 0 Å². The average Bonchev–Trinajstić information content (AvgIpc) is 2.47. The smallest absolute Gasteiger partial charge is 0.164 e. The van der Waals surface area contributed by atoms with Crippen LogP contribution in [0.3, 0.4) is 0 Å². The van der Waals surface area contributed by atoms with Crippen LogP contribution >= 0.6 is 23.2 Å². The first-order chi connectivity index (χ1) is 6.03. The third-order valence-corrected chi connectivity index (χ3v) is 2.90. The summed E-state index contributed by atoms with van der Waals surface area (Å²) in [4.78, 5) is 0. The predicted molar refractivity (Wildman–Crippen MR) is 49.1 cm³/mol. The molecule has 2 heterocycles. The van der Waals surface area contributed by atoms with Crippen LogP contribution in [-0.4, -0.2) is 35.5 Å². The van der Waals surface area contributed by atoms with Crippen LogP contribution in [0, 0.1) is 0 Å². The summed E-state index contributed by atoms with van der Waals surface area (Å²) in [5, 5.41) is 0. The maximum atomic E-state index is 5.93. The van der Waals surface area contributed by atoms with Crippen molar-refractivity contribution in [1.29, 1.82) is 0 Å². The second-order valence-corrected chi connectivity index (χ2v) is 4.48. The topological polar surface area (TPSA) is 27.7 Å². The minimum Gasteiger partial charge on any atom is -0.352 e. The predicted octanol–water partition coefficient (Wildman–Crippen LogP) is 1.71. The zero-order valence-electron chi connectivity index (χ0n) is 7.50. The molecule has 0 bridgehead atoms. The Balaban J connectivity index is 2.12. The van der Waals surface area contributed by atoms with Gasteiger partial charge in [0.2, 0.25) is 0 Å². The van der Waals surface area contributed by atoms with Gasteiger partial charge in [0, 0.05) is 0 Å². The van der Waals surface area contributed by atoms with E-state index in [4.69, 9.17) is 37.4 Å². The fourth-order valence-electron chi connectivity index (χ4n) is 1.75. The molecule has 0 saturated carbocycles. The van der Waals surface area contributed by atoms with Gasteiger partial charge in [-0.2, -0.15) is 0 Å². The minimum atomic E-state index is -0.573. The molecule has 2 saturated heterocycles. The molecule has 2 unspecified atom stereocenters. The number of hydrogen-bond acceptors (Lipinski definition) is 3. The lowest BCUT2D eigenvalue weighted by molar-refractivity contribution is -0.176. The molecule has 0 radical (unpaired) electrons. The van der Waals surface area contributed by atoms with Crippen molar-refractivity contribution in [3.63, 3.8) is 0 Å². The van der Waals surface area contributed by atoms with Crippen molar-refractivity contribution in [2.24, 2.45) is 0 Å². The van der Waals surface area contributed by atoms with E-state index < -0.39 is 11.4 Å². The van der Waals surface area contributed by atoms with Gasteiger partial charge in [-0.05, 0) is 13.8 Å². The third kappa shape index (κ3) is 1.68. The number of halogens is 2. The third-order valence-electron chi connectivity index (χ3n) is 2.25. The van der Waals surface area contributed by atoms with Gasteiger partial charge in [-0.25, -0.2) is 0 Å². The molecule has 2 aliphatic heterocycles. The first-order valence-corrected chi connectivity index (χ1v) is 5.22. The summed E-state index contributed by atoms with van der Waals surface area (Å²) < 4.78 is 16.6. The van der Waals surface area contributed by atoms with Gasteiger partial charge in [0.1, 0.15) is 18.3 Å². The number of rotatable bonds is 1. The highest BCUT2D eigenvalue weighted by Gasteiger charge is 2.54. The van der Waals surface area contributed by atoms with E-state index >= 15 is 0 Å². The van der Waals surface area contributed by atoms with Crippen LogP contribution in [0.15, 0.2) is 0 Å². The molecule has 0 aromatic heterocycles. The van der Waals surface area contributed by atoms with E-state index in [9.17, 15) is 0 Å². The maximum absolute atomic E-state index is 5.93. The average molecular weight is 227 g/mol. The number of alkyl halides is 2. The Morgan fingerprint density at radius 2 is 1.85 bits per heavy atom. The lowest BCUT2D eigenvalue weighted by Gasteiger charge is -2.21. The Hall–Kier alpha value is 0.460. The number of ether oxygens (including phenoxy) is 3. The van der Waals surface area contributed by atoms with E-state index in [1.165, 1.54) is 0 Å². The summed E-state index contributed by atoms with van der Waals surface area (Å²) in [5.74, 6) is -0.194. The maximum Gasteiger partial charge on any atom is 0.164 e. The molecular weight excluding hydrogens is 215 g/mol. The van der Waals surface area contributed by atoms with Gasteiger partial charge in [0.25, 0.3) is 0 Å². The van der Waals surface area contributed by atoms with E-state index in [1.54, 1.807) is 0 Å². The summed E-state index contributed by atoms with van der Waals surface area (Å²) in [6, 6.07) is 0. The molecule has 0 aliphatic carbocycles. The molecule has 0 aromatic carbocycles. The zero-order valence-corrected chi connectivity index (χ0v) is 9.01. The summed E-state index contributed by atoms with van der Waals surface area (Å²) in [7, 11) is 0. The number of hydrogen-bond donors (Lipinski definition) is 0. The molecule has 76 valence electrons. The fraction of sp³-hybridized carbons (Fsp3) is 1.00. The Labute approximate surface area is 87.2 Å². The lowest BCUT2D eigenvalue weighted by Crippen LogP contribution is -2.30. The van der Waals surface area contributed by atoms with Crippen molar-refractivity contribution in [3.05, 3.63) is 0 Å². The summed E-state index contributed by atoms with van der Waals surface area (Å²) >= 11 is 11.6. The van der Waals surface area contributed by atoms with Gasteiger partial charge in [0.05, 0.1) is 5.88 Å². The molecule has 2 fully saturated rings. The second kappa shape index (κ2) is 3.24. The van der Waals surface area contributed by atoms with Crippen molar-refractivity contribution in [1.82, 2.24) is 0 Å². The highest BCUT2D eigenvalue weighted by molar-refractivity contribution is 6.20. The van der Waals surface area contributed by atoms with E-state index in [1.807, 2.05) is 13.8 Å². The van der Waals surface area contributed by atoms with Gasteiger partial charge < -0.3 is 14.2 Å². The first-order valence-electron chi connectivity index (χ1n) is 4.24. The summed E-state index contributed by atoms with van der Waals surface area (Å²) in [5.41, 5.74) is -0.449. The standard InChI is InChI=1S/C8H12Cl2O3/c1-8(2)12-5-4(3-9)11-7(10)6(5)13-8/h4-7H,3H2,1-2H3/t4-,5+,6?,7?/m1/s1. The molecule has 0 spiro atoms. The van der Waals surface area contributed by atoms with Crippen molar-refractivity contribution in [2.75, 3.05) is 5.88 Å². The second-order valence-electron chi connectivity index (χ2n) is 3.74. The summed E-state index contributed by atoms with van der Waals surface area (Å²) in [6.45, 7) is 3.72. The highest BCUT2D eigenvalue weighted by Crippen LogP contribution is 2.40. The molecule has 2 rings (SSSR count). The van der Waals surface area contributed by atoms with Crippen LogP contribution in [0.1, 0.15) is 13.8 Å². The largest absolute Gasteiger partial charge is 0.352 e. The molecule has 5 heteroatoms. The molecule has 3 nitrogen and oxygen atoms in total. The van der Waals surface area contributed by atoms with Gasteiger partial charge in [-0.1, -0.05) is 11.6 Å². The van der Waals surface area contributed by atoms with Gasteiger partial charge in [0.15, 0.2) is 11.4 Å². The van der Waals surface area contributed by atoms with Crippen LogP contribution < -0.4 is 0 Å². The zero-order chi connectivity index (χ0) is 9.64. The molecule has 4 atom stereocenters. The molecule has 13 heavy (non-hydrogen) atoms. The van der Waals surface area contributed by atoms with Crippen LogP contribution in [0.2, 0.25) is 0 Å². The quantitative estimate of drug-likeness (QED) is 0.638. The number of fused-ring (bicyclic) bond motifs is 1. The Kier molecular flexibility index (Phi) is 2.49. The van der Waals surface area contributed by atoms with Crippen molar-refractivity contribution in [2.45, 2.75) is 43.5 Å². The minimum absolute atomic E-state index is 0.130. The molecule has 2 aliphatic rings. The molecular formula is C8H12Cl2O3. The van der Waals surface area contributed by atoms with Crippen molar-refractivity contribution >= 4 is 23.2 Å².